The van der Waals surface area contributed by atoms with E-state index in [0.29, 0.717) is 11.8 Å². The predicted octanol–water partition coefficient (Wildman–Crippen LogP) is 2.85. The van der Waals surface area contributed by atoms with Gasteiger partial charge in [-0.05, 0) is 31.1 Å². The van der Waals surface area contributed by atoms with Gasteiger partial charge in [0, 0.05) is 13.2 Å². The highest BCUT2D eigenvalue weighted by atomic mass is 16.5. The monoisotopic (exact) mass is 202 g/mol. The molecule has 14 heavy (non-hydrogen) atoms. The lowest BCUT2D eigenvalue weighted by Gasteiger charge is -2.13. The molecule has 2 heteroatoms. The van der Waals surface area contributed by atoms with Crippen LogP contribution in [0.4, 0.5) is 0 Å². The molecule has 0 radical (unpaired) electrons. The van der Waals surface area contributed by atoms with Crippen LogP contribution < -0.4 is 0 Å². The summed E-state index contributed by atoms with van der Waals surface area (Å²) in [5.74, 6) is 1.19. The third kappa shape index (κ3) is 10.0. The predicted molar refractivity (Wildman–Crippen MR) is 60.4 cm³/mol. The molecule has 0 aromatic rings. The van der Waals surface area contributed by atoms with Gasteiger partial charge >= 0.3 is 0 Å². The van der Waals surface area contributed by atoms with E-state index in [-0.39, 0.29) is 6.10 Å². The molecule has 0 aliphatic carbocycles. The zero-order valence-corrected chi connectivity index (χ0v) is 10.1. The van der Waals surface area contributed by atoms with Crippen LogP contribution >= 0.6 is 0 Å². The standard InChI is InChI=1S/C12H26O2/c1-10(2)8-12(13)6-5-7-14-9-11(3)4/h10-13H,5-9H2,1-4H3. The normalized spacial score (nSPS) is 13.9. The lowest BCUT2D eigenvalue weighted by Crippen LogP contribution is -2.11. The molecule has 0 aromatic carbocycles. The molecule has 86 valence electrons. The summed E-state index contributed by atoms with van der Waals surface area (Å²) in [6.45, 7) is 10.2. The topological polar surface area (TPSA) is 29.5 Å². The van der Waals surface area contributed by atoms with Crippen molar-refractivity contribution in [2.45, 2.75) is 53.1 Å². The molecule has 0 aliphatic rings. The first-order valence-electron chi connectivity index (χ1n) is 5.78. The van der Waals surface area contributed by atoms with Gasteiger partial charge in [0.05, 0.1) is 6.10 Å². The molecule has 1 N–H and O–H groups in total. The van der Waals surface area contributed by atoms with Crippen molar-refractivity contribution in [3.8, 4) is 0 Å². The van der Waals surface area contributed by atoms with Crippen LogP contribution in [0.3, 0.4) is 0 Å². The van der Waals surface area contributed by atoms with Crippen LogP contribution in [0.25, 0.3) is 0 Å². The van der Waals surface area contributed by atoms with Crippen LogP contribution in [-0.4, -0.2) is 24.4 Å². The smallest absolute Gasteiger partial charge is 0.0543 e. The first-order chi connectivity index (χ1) is 6.52. The summed E-state index contributed by atoms with van der Waals surface area (Å²) in [4.78, 5) is 0. The number of ether oxygens (including phenoxy) is 1. The summed E-state index contributed by atoms with van der Waals surface area (Å²) in [5.41, 5.74) is 0. The van der Waals surface area contributed by atoms with Crippen molar-refractivity contribution in [3.63, 3.8) is 0 Å². The van der Waals surface area contributed by atoms with Crippen LogP contribution in [0.5, 0.6) is 0 Å². The largest absolute Gasteiger partial charge is 0.393 e. The quantitative estimate of drug-likeness (QED) is 0.613. The fraction of sp³-hybridized carbons (Fsp3) is 1.00. The summed E-state index contributed by atoms with van der Waals surface area (Å²) in [5, 5.41) is 9.57. The summed E-state index contributed by atoms with van der Waals surface area (Å²) < 4.78 is 5.44. The molecule has 0 saturated heterocycles. The minimum Gasteiger partial charge on any atom is -0.393 e. The van der Waals surface area contributed by atoms with Crippen molar-refractivity contribution in [2.75, 3.05) is 13.2 Å². The Kier molecular flexibility index (Phi) is 8.20. The first kappa shape index (κ1) is 13.9. The fourth-order valence-electron chi connectivity index (χ4n) is 1.40. The zero-order chi connectivity index (χ0) is 11.0. The van der Waals surface area contributed by atoms with Gasteiger partial charge < -0.3 is 9.84 Å². The molecule has 2 nitrogen and oxygen atoms in total. The molecule has 0 fully saturated rings. The van der Waals surface area contributed by atoms with Crippen molar-refractivity contribution >= 4 is 0 Å². The molecule has 1 unspecified atom stereocenters. The van der Waals surface area contributed by atoms with E-state index in [2.05, 4.69) is 27.7 Å². The minimum atomic E-state index is -0.141. The highest BCUT2D eigenvalue weighted by Crippen LogP contribution is 2.09. The lowest BCUT2D eigenvalue weighted by molar-refractivity contribution is 0.0848. The maximum absolute atomic E-state index is 9.57. The van der Waals surface area contributed by atoms with Gasteiger partial charge in [-0.2, -0.15) is 0 Å². The molecule has 0 heterocycles. The van der Waals surface area contributed by atoms with Crippen LogP contribution in [0, 0.1) is 11.8 Å². The van der Waals surface area contributed by atoms with E-state index in [1.165, 1.54) is 0 Å². The summed E-state index contributed by atoms with van der Waals surface area (Å²) in [6, 6.07) is 0. The third-order valence-electron chi connectivity index (χ3n) is 2.02. The van der Waals surface area contributed by atoms with E-state index < -0.39 is 0 Å². The molecular weight excluding hydrogens is 176 g/mol. The molecule has 0 bridgehead atoms. The highest BCUT2D eigenvalue weighted by molar-refractivity contribution is 4.58. The van der Waals surface area contributed by atoms with Gasteiger partial charge in [-0.3, -0.25) is 0 Å². The van der Waals surface area contributed by atoms with E-state index >= 15 is 0 Å². The molecule has 0 spiro atoms. The molecule has 1 atom stereocenters. The third-order valence-corrected chi connectivity index (χ3v) is 2.02. The van der Waals surface area contributed by atoms with Crippen LogP contribution in [0.2, 0.25) is 0 Å². The van der Waals surface area contributed by atoms with Crippen LogP contribution in [0.15, 0.2) is 0 Å². The Hall–Kier alpha value is -0.0800. The molecule has 0 rings (SSSR count). The van der Waals surface area contributed by atoms with Crippen molar-refractivity contribution in [1.82, 2.24) is 0 Å². The van der Waals surface area contributed by atoms with E-state index in [9.17, 15) is 5.11 Å². The maximum Gasteiger partial charge on any atom is 0.0543 e. The highest BCUT2D eigenvalue weighted by Gasteiger charge is 2.06. The van der Waals surface area contributed by atoms with E-state index in [0.717, 1.165) is 32.5 Å². The summed E-state index contributed by atoms with van der Waals surface area (Å²) in [6.07, 6.45) is 2.61. The second kappa shape index (κ2) is 8.25. The average Bonchev–Trinajstić information content (AvgIpc) is 2.01. The Balaban J connectivity index is 3.19. The number of aliphatic hydroxyl groups excluding tert-OH is 1. The number of hydrogen-bond donors (Lipinski definition) is 1. The van der Waals surface area contributed by atoms with Crippen molar-refractivity contribution < 1.29 is 9.84 Å². The molecule has 0 aliphatic heterocycles. The Labute approximate surface area is 88.7 Å². The summed E-state index contributed by atoms with van der Waals surface area (Å²) >= 11 is 0. The Morgan fingerprint density at radius 2 is 1.71 bits per heavy atom. The molecular formula is C12H26O2. The van der Waals surface area contributed by atoms with Gasteiger partial charge in [0.2, 0.25) is 0 Å². The molecule has 0 saturated carbocycles. The van der Waals surface area contributed by atoms with Crippen LogP contribution in [-0.2, 0) is 4.74 Å². The van der Waals surface area contributed by atoms with E-state index in [1.807, 2.05) is 0 Å². The van der Waals surface area contributed by atoms with Crippen molar-refractivity contribution in [2.24, 2.45) is 11.8 Å². The maximum atomic E-state index is 9.57. The Morgan fingerprint density at radius 1 is 1.07 bits per heavy atom. The van der Waals surface area contributed by atoms with E-state index in [1.54, 1.807) is 0 Å². The summed E-state index contributed by atoms with van der Waals surface area (Å²) in [7, 11) is 0. The van der Waals surface area contributed by atoms with Gasteiger partial charge in [-0.1, -0.05) is 27.7 Å². The minimum absolute atomic E-state index is 0.141. The SMILES string of the molecule is CC(C)COCCCC(O)CC(C)C. The van der Waals surface area contributed by atoms with E-state index in [4.69, 9.17) is 4.74 Å². The lowest BCUT2D eigenvalue weighted by atomic mass is 10.0. The number of rotatable bonds is 8. The number of aliphatic hydroxyl groups is 1. The van der Waals surface area contributed by atoms with Gasteiger partial charge in [-0.25, -0.2) is 0 Å². The first-order valence-corrected chi connectivity index (χ1v) is 5.78. The second-order valence-corrected chi connectivity index (χ2v) is 4.89. The van der Waals surface area contributed by atoms with Crippen molar-refractivity contribution in [3.05, 3.63) is 0 Å². The van der Waals surface area contributed by atoms with Gasteiger partial charge in [0.15, 0.2) is 0 Å². The molecule has 0 aromatic heterocycles. The Morgan fingerprint density at radius 3 is 2.21 bits per heavy atom. The van der Waals surface area contributed by atoms with Crippen molar-refractivity contribution in [1.29, 1.82) is 0 Å². The average molecular weight is 202 g/mol. The van der Waals surface area contributed by atoms with Gasteiger partial charge in [-0.15, -0.1) is 0 Å². The van der Waals surface area contributed by atoms with Gasteiger partial charge in [0.1, 0.15) is 0 Å². The zero-order valence-electron chi connectivity index (χ0n) is 10.1. The Bertz CT molecular complexity index is 121. The fourth-order valence-corrected chi connectivity index (χ4v) is 1.40. The second-order valence-electron chi connectivity index (χ2n) is 4.89. The van der Waals surface area contributed by atoms with Crippen LogP contribution in [0.1, 0.15) is 47.0 Å². The van der Waals surface area contributed by atoms with Gasteiger partial charge in [0.25, 0.3) is 0 Å². The number of hydrogen-bond acceptors (Lipinski definition) is 2. The molecule has 0 amide bonds.